The Hall–Kier alpha value is -4.06. The summed E-state index contributed by atoms with van der Waals surface area (Å²) in [5, 5.41) is 19.8. The van der Waals surface area contributed by atoms with E-state index in [0.717, 1.165) is 27.0 Å². The highest BCUT2D eigenvalue weighted by Gasteiger charge is 2.37. The number of benzene rings is 1. The summed E-state index contributed by atoms with van der Waals surface area (Å²) in [6, 6.07) is 5.49. The molecule has 0 radical (unpaired) electrons. The van der Waals surface area contributed by atoms with Gasteiger partial charge in [-0.2, -0.15) is 5.10 Å². The zero-order valence-corrected chi connectivity index (χ0v) is 20.7. The van der Waals surface area contributed by atoms with Gasteiger partial charge < -0.3 is 15.3 Å². The van der Waals surface area contributed by atoms with E-state index in [9.17, 15) is 14.7 Å². The highest BCUT2D eigenvalue weighted by Crippen LogP contribution is 2.36. The number of thiazole rings is 1. The van der Waals surface area contributed by atoms with E-state index in [-0.39, 0.29) is 6.03 Å². The van der Waals surface area contributed by atoms with Gasteiger partial charge in [0.1, 0.15) is 0 Å². The molecule has 1 aliphatic rings. The Kier molecular flexibility index (Phi) is 6.27. The van der Waals surface area contributed by atoms with Gasteiger partial charge in [0.2, 0.25) is 5.95 Å². The van der Waals surface area contributed by atoms with Gasteiger partial charge >= 0.3 is 12.0 Å². The molecule has 0 unspecified atom stereocenters. The molecule has 0 bridgehead atoms. The Morgan fingerprint density at radius 2 is 1.92 bits per heavy atom. The fourth-order valence-electron chi connectivity index (χ4n) is 4.17. The van der Waals surface area contributed by atoms with E-state index >= 15 is 0 Å². The number of hydrogen-bond donors (Lipinski definition) is 3. The topological polar surface area (TPSA) is 138 Å². The van der Waals surface area contributed by atoms with Crippen LogP contribution >= 0.6 is 11.3 Å². The fraction of sp³-hybridized carbons (Fsp3) is 0.333. The van der Waals surface area contributed by atoms with Crippen molar-refractivity contribution in [3.8, 4) is 16.8 Å². The molecule has 186 valence electrons. The lowest BCUT2D eigenvalue weighted by molar-refractivity contribution is -0.149. The van der Waals surface area contributed by atoms with Crippen LogP contribution in [-0.2, 0) is 4.79 Å². The lowest BCUT2D eigenvalue weighted by atomic mass is 9.80. The quantitative estimate of drug-likeness (QED) is 0.359. The van der Waals surface area contributed by atoms with E-state index in [1.165, 1.54) is 11.3 Å². The standard InChI is InChI=1S/C24H26N8O3S/c1-3-25-22(35)30-23-29-17-11-15(12-18(19(17)36-23)32-8-4-7-28-32)16-13-26-21(27-14-16)31-9-5-24(2,6-10-31)20(33)34/h4,7-8,11-14H,3,5-6,9-10H2,1-2H3,(H,33,34)(H2,25,29,30,35). The first-order valence-electron chi connectivity index (χ1n) is 11.7. The number of anilines is 2. The van der Waals surface area contributed by atoms with Crippen LogP contribution in [0, 0.1) is 5.41 Å². The molecule has 1 fully saturated rings. The molecule has 1 aliphatic heterocycles. The van der Waals surface area contributed by atoms with Crippen molar-refractivity contribution in [3.05, 3.63) is 43.0 Å². The summed E-state index contributed by atoms with van der Waals surface area (Å²) < 4.78 is 2.66. The number of rotatable bonds is 6. The predicted molar refractivity (Wildman–Crippen MR) is 138 cm³/mol. The highest BCUT2D eigenvalue weighted by atomic mass is 32.1. The van der Waals surface area contributed by atoms with Gasteiger partial charge in [0.25, 0.3) is 0 Å². The van der Waals surface area contributed by atoms with Crippen molar-refractivity contribution < 1.29 is 14.7 Å². The molecule has 0 atom stereocenters. The normalized spacial score (nSPS) is 15.1. The smallest absolute Gasteiger partial charge is 0.321 e. The third-order valence-corrected chi connectivity index (χ3v) is 7.43. The van der Waals surface area contributed by atoms with Crippen molar-refractivity contribution in [1.82, 2.24) is 30.0 Å². The number of fused-ring (bicyclic) bond motifs is 1. The average molecular weight is 507 g/mol. The maximum Gasteiger partial charge on any atom is 0.321 e. The number of carbonyl (C=O) groups is 2. The third-order valence-electron chi connectivity index (χ3n) is 6.42. The molecule has 36 heavy (non-hydrogen) atoms. The number of nitrogens with zero attached hydrogens (tertiary/aromatic N) is 6. The number of hydrogen-bond acceptors (Lipinski definition) is 8. The molecule has 3 aromatic heterocycles. The Balaban J connectivity index is 1.44. The highest BCUT2D eigenvalue weighted by molar-refractivity contribution is 7.22. The summed E-state index contributed by atoms with van der Waals surface area (Å²) in [5.41, 5.74) is 2.54. The Morgan fingerprint density at radius 3 is 2.56 bits per heavy atom. The molecular formula is C24H26N8O3S. The van der Waals surface area contributed by atoms with Crippen molar-refractivity contribution in [2.75, 3.05) is 29.9 Å². The van der Waals surface area contributed by atoms with Crippen LogP contribution in [0.1, 0.15) is 26.7 Å². The first kappa shape index (κ1) is 23.7. The van der Waals surface area contributed by atoms with Crippen LogP contribution in [0.2, 0.25) is 0 Å². The summed E-state index contributed by atoms with van der Waals surface area (Å²) in [4.78, 5) is 39.3. The maximum absolute atomic E-state index is 12.0. The average Bonchev–Trinajstić information content (AvgIpc) is 3.54. The molecule has 12 heteroatoms. The molecule has 2 amide bonds. The second kappa shape index (κ2) is 9.53. The van der Waals surface area contributed by atoms with E-state index in [2.05, 4.69) is 30.7 Å². The summed E-state index contributed by atoms with van der Waals surface area (Å²) in [5.74, 6) is -0.171. The van der Waals surface area contributed by atoms with Crippen molar-refractivity contribution in [3.63, 3.8) is 0 Å². The number of aliphatic carboxylic acids is 1. The van der Waals surface area contributed by atoms with Gasteiger partial charge in [-0.15, -0.1) is 0 Å². The number of carbonyl (C=O) groups excluding carboxylic acids is 1. The largest absolute Gasteiger partial charge is 0.481 e. The number of piperidine rings is 1. The third kappa shape index (κ3) is 4.59. The van der Waals surface area contributed by atoms with Crippen LogP contribution in [0.4, 0.5) is 15.9 Å². The molecule has 1 aromatic carbocycles. The second-order valence-electron chi connectivity index (χ2n) is 8.92. The lowest BCUT2D eigenvalue weighted by Gasteiger charge is -2.36. The lowest BCUT2D eigenvalue weighted by Crippen LogP contribution is -2.43. The SMILES string of the molecule is CCNC(=O)Nc1nc2cc(-c3cnc(N4CCC(C)(C(=O)O)CC4)nc3)cc(-n3cccn3)c2s1. The number of urea groups is 1. The number of carboxylic acid groups (broad SMARTS) is 1. The van der Waals surface area contributed by atoms with Crippen molar-refractivity contribution in [1.29, 1.82) is 0 Å². The molecule has 11 nitrogen and oxygen atoms in total. The minimum atomic E-state index is -0.756. The van der Waals surface area contributed by atoms with Crippen LogP contribution in [0.3, 0.4) is 0 Å². The van der Waals surface area contributed by atoms with E-state index in [4.69, 9.17) is 0 Å². The maximum atomic E-state index is 12.0. The van der Waals surface area contributed by atoms with E-state index in [1.807, 2.05) is 36.2 Å². The molecule has 5 rings (SSSR count). The first-order valence-corrected chi connectivity index (χ1v) is 12.5. The zero-order valence-electron chi connectivity index (χ0n) is 19.9. The van der Waals surface area contributed by atoms with Gasteiger partial charge in [-0.3, -0.25) is 10.1 Å². The van der Waals surface area contributed by atoms with Crippen LogP contribution < -0.4 is 15.5 Å². The van der Waals surface area contributed by atoms with Crippen LogP contribution in [0.5, 0.6) is 0 Å². The molecule has 4 heterocycles. The summed E-state index contributed by atoms with van der Waals surface area (Å²) in [6.45, 7) is 5.35. The van der Waals surface area contributed by atoms with Crippen LogP contribution in [-0.4, -0.2) is 61.5 Å². The van der Waals surface area contributed by atoms with E-state index in [1.54, 1.807) is 30.2 Å². The Morgan fingerprint density at radius 1 is 1.17 bits per heavy atom. The fourth-order valence-corrected chi connectivity index (χ4v) is 5.11. The molecular weight excluding hydrogens is 480 g/mol. The molecule has 3 N–H and O–H groups in total. The van der Waals surface area contributed by atoms with Crippen LogP contribution in [0.15, 0.2) is 43.0 Å². The summed E-state index contributed by atoms with van der Waals surface area (Å²) in [6.07, 6.45) is 8.19. The van der Waals surface area contributed by atoms with Gasteiger partial charge in [0, 0.05) is 50.0 Å². The second-order valence-corrected chi connectivity index (χ2v) is 9.92. The van der Waals surface area contributed by atoms with Gasteiger partial charge in [0.05, 0.1) is 21.3 Å². The van der Waals surface area contributed by atoms with Gasteiger partial charge in [-0.25, -0.2) is 24.4 Å². The van der Waals surface area contributed by atoms with Crippen molar-refractivity contribution >= 4 is 44.6 Å². The molecule has 0 spiro atoms. The predicted octanol–water partition coefficient (Wildman–Crippen LogP) is 3.77. The monoisotopic (exact) mass is 506 g/mol. The van der Waals surface area contributed by atoms with E-state index in [0.29, 0.717) is 43.6 Å². The minimum Gasteiger partial charge on any atom is -0.481 e. The number of nitrogens with one attached hydrogen (secondary N) is 2. The Labute approximate surface area is 211 Å². The minimum absolute atomic E-state index is 0.303. The number of amides is 2. The molecule has 0 saturated carbocycles. The first-order chi connectivity index (χ1) is 17.4. The van der Waals surface area contributed by atoms with Gasteiger partial charge in [-0.1, -0.05) is 11.3 Å². The molecule has 1 saturated heterocycles. The summed E-state index contributed by atoms with van der Waals surface area (Å²) >= 11 is 1.38. The number of aromatic nitrogens is 5. The molecule has 4 aromatic rings. The van der Waals surface area contributed by atoms with Gasteiger partial charge in [-0.05, 0) is 50.5 Å². The van der Waals surface area contributed by atoms with Crippen molar-refractivity contribution in [2.45, 2.75) is 26.7 Å². The molecule has 0 aliphatic carbocycles. The zero-order chi connectivity index (χ0) is 25.3. The van der Waals surface area contributed by atoms with Gasteiger partial charge in [0.15, 0.2) is 5.13 Å². The van der Waals surface area contributed by atoms with Crippen molar-refractivity contribution in [2.24, 2.45) is 5.41 Å². The number of carboxylic acids is 1. The summed E-state index contributed by atoms with van der Waals surface area (Å²) in [7, 11) is 0. The van der Waals surface area contributed by atoms with Crippen LogP contribution in [0.25, 0.3) is 27.0 Å². The Bertz CT molecular complexity index is 1390. The van der Waals surface area contributed by atoms with E-state index < -0.39 is 11.4 Å².